The van der Waals surface area contributed by atoms with E-state index in [0.717, 1.165) is 38.4 Å². The second-order valence-corrected chi connectivity index (χ2v) is 5.92. The third-order valence-electron chi connectivity index (χ3n) is 4.61. The highest BCUT2D eigenvalue weighted by Crippen LogP contribution is 2.58. The van der Waals surface area contributed by atoms with Crippen LogP contribution in [0.15, 0.2) is 18.2 Å². The molecular formula is C15H18FN3O2. The van der Waals surface area contributed by atoms with Gasteiger partial charge in [-0.2, -0.15) is 0 Å². The third kappa shape index (κ3) is 2.63. The van der Waals surface area contributed by atoms with Crippen LogP contribution in [0.1, 0.15) is 29.6 Å². The molecule has 0 aromatic heterocycles. The van der Waals surface area contributed by atoms with Crippen LogP contribution in [0.4, 0.5) is 10.1 Å². The number of anilines is 1. The molecule has 5 nitrogen and oxygen atoms in total. The molecule has 4 N–H and O–H groups in total. The lowest BCUT2D eigenvalue weighted by Crippen LogP contribution is -2.31. The Balaban J connectivity index is 1.71. The van der Waals surface area contributed by atoms with E-state index in [2.05, 4.69) is 10.6 Å². The highest BCUT2D eigenvalue weighted by atomic mass is 19.1. The highest BCUT2D eigenvalue weighted by molar-refractivity contribution is 5.98. The number of halogens is 1. The first-order chi connectivity index (χ1) is 10.0. The molecule has 1 aliphatic carbocycles. The molecule has 21 heavy (non-hydrogen) atoms. The Hall–Kier alpha value is -1.95. The van der Waals surface area contributed by atoms with Gasteiger partial charge in [-0.15, -0.1) is 0 Å². The van der Waals surface area contributed by atoms with Crippen LogP contribution in [-0.4, -0.2) is 24.9 Å². The molecule has 0 bridgehead atoms. The minimum absolute atomic E-state index is 0.0206. The van der Waals surface area contributed by atoms with Crippen molar-refractivity contribution in [2.45, 2.75) is 19.3 Å². The maximum absolute atomic E-state index is 13.7. The van der Waals surface area contributed by atoms with E-state index in [1.807, 2.05) is 0 Å². The van der Waals surface area contributed by atoms with E-state index in [1.165, 1.54) is 12.1 Å². The van der Waals surface area contributed by atoms with E-state index in [-0.39, 0.29) is 28.5 Å². The Labute approximate surface area is 122 Å². The summed E-state index contributed by atoms with van der Waals surface area (Å²) in [7, 11) is 0. The predicted molar refractivity (Wildman–Crippen MR) is 76.2 cm³/mol. The van der Waals surface area contributed by atoms with Crippen molar-refractivity contribution in [1.29, 1.82) is 0 Å². The largest absolute Gasteiger partial charge is 0.366 e. The highest BCUT2D eigenvalue weighted by Gasteiger charge is 2.57. The number of amides is 2. The number of primary amides is 1. The van der Waals surface area contributed by atoms with Crippen LogP contribution in [-0.2, 0) is 4.79 Å². The van der Waals surface area contributed by atoms with Crippen molar-refractivity contribution in [3.63, 3.8) is 0 Å². The van der Waals surface area contributed by atoms with E-state index in [9.17, 15) is 14.0 Å². The van der Waals surface area contributed by atoms with Gasteiger partial charge in [0.05, 0.1) is 5.69 Å². The zero-order valence-electron chi connectivity index (χ0n) is 11.6. The number of hydrogen-bond acceptors (Lipinski definition) is 3. The molecule has 1 aromatic rings. The van der Waals surface area contributed by atoms with Gasteiger partial charge in [-0.1, -0.05) is 0 Å². The third-order valence-corrected chi connectivity index (χ3v) is 4.61. The lowest BCUT2D eigenvalue weighted by molar-refractivity contribution is -0.118. The van der Waals surface area contributed by atoms with Gasteiger partial charge in [0.15, 0.2) is 0 Å². The van der Waals surface area contributed by atoms with Crippen LogP contribution < -0.4 is 16.4 Å². The second-order valence-electron chi connectivity index (χ2n) is 5.92. The Morgan fingerprint density at radius 2 is 2.05 bits per heavy atom. The van der Waals surface area contributed by atoms with Crippen molar-refractivity contribution in [1.82, 2.24) is 5.32 Å². The first-order valence-corrected chi connectivity index (χ1v) is 7.13. The van der Waals surface area contributed by atoms with Gasteiger partial charge in [-0.3, -0.25) is 9.59 Å². The van der Waals surface area contributed by atoms with Crippen molar-refractivity contribution < 1.29 is 14.0 Å². The maximum atomic E-state index is 13.7. The molecule has 1 atom stereocenters. The molecule has 6 heteroatoms. The van der Waals surface area contributed by atoms with E-state index in [0.29, 0.717) is 0 Å². The molecule has 2 aliphatic rings. The number of benzene rings is 1. The molecule has 1 heterocycles. The van der Waals surface area contributed by atoms with Crippen molar-refractivity contribution in [3.05, 3.63) is 29.6 Å². The molecule has 2 fully saturated rings. The van der Waals surface area contributed by atoms with Crippen LogP contribution >= 0.6 is 0 Å². The van der Waals surface area contributed by atoms with Gasteiger partial charge < -0.3 is 16.4 Å². The summed E-state index contributed by atoms with van der Waals surface area (Å²) in [6.45, 7) is 1.85. The number of rotatable bonds is 3. The maximum Gasteiger partial charge on any atom is 0.248 e. The van der Waals surface area contributed by atoms with Crippen LogP contribution in [0, 0.1) is 17.2 Å². The average Bonchev–Trinajstić information content (AvgIpc) is 3.15. The fourth-order valence-electron chi connectivity index (χ4n) is 3.19. The lowest BCUT2D eigenvalue weighted by Gasteiger charge is -2.23. The van der Waals surface area contributed by atoms with E-state index < -0.39 is 11.7 Å². The fraction of sp³-hybridized carbons (Fsp3) is 0.467. The molecule has 0 radical (unpaired) electrons. The number of nitrogens with one attached hydrogen (secondary N) is 2. The number of carbonyl (C=O) groups is 2. The molecule has 1 spiro atoms. The van der Waals surface area contributed by atoms with Crippen LogP contribution in [0.25, 0.3) is 0 Å². The molecule has 2 amide bonds. The lowest BCUT2D eigenvalue weighted by atomic mass is 9.92. The molecule has 1 aromatic carbocycles. The Kier molecular flexibility index (Phi) is 3.41. The van der Waals surface area contributed by atoms with E-state index in [4.69, 9.17) is 5.73 Å². The Bertz CT molecular complexity index is 597. The van der Waals surface area contributed by atoms with Crippen molar-refractivity contribution >= 4 is 17.5 Å². The summed E-state index contributed by atoms with van der Waals surface area (Å²) in [5, 5.41) is 5.87. The second kappa shape index (κ2) is 5.11. The molecule has 1 unspecified atom stereocenters. The quantitative estimate of drug-likeness (QED) is 0.783. The molecule has 1 saturated heterocycles. The van der Waals surface area contributed by atoms with Crippen LogP contribution in [0.2, 0.25) is 0 Å². The monoisotopic (exact) mass is 291 g/mol. The van der Waals surface area contributed by atoms with E-state index in [1.54, 1.807) is 0 Å². The smallest absolute Gasteiger partial charge is 0.248 e. The number of piperidine rings is 1. The van der Waals surface area contributed by atoms with Gasteiger partial charge in [0.2, 0.25) is 11.8 Å². The fourth-order valence-corrected chi connectivity index (χ4v) is 3.19. The normalized spacial score (nSPS) is 22.8. The average molecular weight is 291 g/mol. The molecule has 3 rings (SSSR count). The summed E-state index contributed by atoms with van der Waals surface area (Å²) >= 11 is 0. The van der Waals surface area contributed by atoms with Crippen LogP contribution in [0.3, 0.4) is 0 Å². The first kappa shape index (κ1) is 14.0. The summed E-state index contributed by atoms with van der Waals surface area (Å²) in [6, 6.07) is 3.73. The first-order valence-electron chi connectivity index (χ1n) is 7.13. The van der Waals surface area contributed by atoms with Gasteiger partial charge in [-0.25, -0.2) is 4.39 Å². The zero-order valence-corrected chi connectivity index (χ0v) is 11.6. The molecular weight excluding hydrogens is 273 g/mol. The van der Waals surface area contributed by atoms with Crippen molar-refractivity contribution in [3.8, 4) is 0 Å². The Morgan fingerprint density at radius 1 is 1.33 bits per heavy atom. The summed E-state index contributed by atoms with van der Waals surface area (Å²) < 4.78 is 13.7. The molecule has 112 valence electrons. The van der Waals surface area contributed by atoms with Crippen molar-refractivity contribution in [2.24, 2.45) is 17.1 Å². The number of hydrogen-bond donors (Lipinski definition) is 3. The van der Waals surface area contributed by atoms with E-state index >= 15 is 0 Å². The molecule has 1 aliphatic heterocycles. The van der Waals surface area contributed by atoms with Gasteiger partial charge in [0, 0.05) is 11.5 Å². The summed E-state index contributed by atoms with van der Waals surface area (Å²) in [4.78, 5) is 23.4. The van der Waals surface area contributed by atoms with Gasteiger partial charge >= 0.3 is 0 Å². The van der Waals surface area contributed by atoms with Gasteiger partial charge in [-0.05, 0) is 56.0 Å². The zero-order chi connectivity index (χ0) is 15.0. The Morgan fingerprint density at radius 3 is 2.71 bits per heavy atom. The number of carbonyl (C=O) groups excluding carboxylic acids is 2. The SMILES string of the molecule is NC(=O)c1ccc(F)c(NC(=O)C2CC23CCNCC3)c1. The standard InChI is InChI=1S/C15H18FN3O2/c16-11-2-1-9(13(17)20)7-12(11)19-14(21)10-8-15(10)3-5-18-6-4-15/h1-2,7,10,18H,3-6,8H2,(H2,17,20)(H,19,21). The predicted octanol–water partition coefficient (Wildman–Crippen LogP) is 1.25. The topological polar surface area (TPSA) is 84.2 Å². The minimum Gasteiger partial charge on any atom is -0.366 e. The van der Waals surface area contributed by atoms with Gasteiger partial charge in [0.1, 0.15) is 5.82 Å². The minimum atomic E-state index is -0.647. The van der Waals surface area contributed by atoms with Crippen LogP contribution in [0.5, 0.6) is 0 Å². The molecule has 1 saturated carbocycles. The van der Waals surface area contributed by atoms with Gasteiger partial charge in [0.25, 0.3) is 0 Å². The summed E-state index contributed by atoms with van der Waals surface area (Å²) in [5.74, 6) is -1.44. The summed E-state index contributed by atoms with van der Waals surface area (Å²) in [5.41, 5.74) is 5.46. The van der Waals surface area contributed by atoms with Crippen molar-refractivity contribution in [2.75, 3.05) is 18.4 Å². The number of nitrogens with two attached hydrogens (primary N) is 1. The summed E-state index contributed by atoms with van der Waals surface area (Å²) in [6.07, 6.45) is 2.82.